The van der Waals surface area contributed by atoms with E-state index in [0.29, 0.717) is 12.5 Å². The molecule has 0 bridgehead atoms. The van der Waals surface area contributed by atoms with Crippen molar-refractivity contribution in [2.75, 3.05) is 32.0 Å². The number of nitrogens with zero attached hydrogens (tertiary/aromatic N) is 2. The van der Waals surface area contributed by atoms with E-state index in [9.17, 15) is 4.79 Å². The first kappa shape index (κ1) is 20.1. The average molecular weight is 360 g/mol. The van der Waals surface area contributed by atoms with Crippen LogP contribution in [0.25, 0.3) is 0 Å². The summed E-state index contributed by atoms with van der Waals surface area (Å²) in [4.78, 5) is 18.4. The lowest BCUT2D eigenvalue weighted by Crippen LogP contribution is -2.39. The Kier molecular flexibility index (Phi) is 8.25. The second-order valence-electron chi connectivity index (χ2n) is 6.81. The van der Waals surface area contributed by atoms with Crippen LogP contribution in [0.1, 0.15) is 45.1 Å². The fourth-order valence-electron chi connectivity index (χ4n) is 3.11. The highest BCUT2D eigenvalue weighted by molar-refractivity contribution is 5.89. The number of amides is 2. The predicted molar refractivity (Wildman–Crippen MR) is 109 cm³/mol. The van der Waals surface area contributed by atoms with E-state index < -0.39 is 0 Å². The second-order valence-corrected chi connectivity index (χ2v) is 6.81. The Hall–Kier alpha value is -2.24. The summed E-state index contributed by atoms with van der Waals surface area (Å²) in [6.45, 7) is 7.73. The Bertz CT molecular complexity index is 592. The molecule has 0 atom stereocenters. The molecule has 3 N–H and O–H groups in total. The highest BCUT2D eigenvalue weighted by Crippen LogP contribution is 2.14. The van der Waals surface area contributed by atoms with Crippen LogP contribution in [-0.2, 0) is 6.54 Å². The van der Waals surface area contributed by atoms with Gasteiger partial charge in [0.1, 0.15) is 0 Å². The number of hydrogen-bond donors (Lipinski definition) is 3. The number of benzene rings is 1. The zero-order chi connectivity index (χ0) is 18.8. The van der Waals surface area contributed by atoms with Gasteiger partial charge in [-0.3, -0.25) is 4.99 Å². The van der Waals surface area contributed by atoms with Gasteiger partial charge in [0.15, 0.2) is 5.96 Å². The van der Waals surface area contributed by atoms with Gasteiger partial charge in [-0.15, -0.1) is 0 Å². The van der Waals surface area contributed by atoms with Crippen LogP contribution in [0, 0.1) is 5.92 Å². The van der Waals surface area contributed by atoms with E-state index in [1.807, 2.05) is 29.2 Å². The largest absolute Gasteiger partial charge is 0.356 e. The van der Waals surface area contributed by atoms with E-state index in [1.165, 1.54) is 12.8 Å². The maximum atomic E-state index is 12.2. The number of hydrogen-bond acceptors (Lipinski definition) is 2. The van der Waals surface area contributed by atoms with Gasteiger partial charge in [-0.1, -0.05) is 38.8 Å². The molecule has 6 nitrogen and oxygen atoms in total. The highest BCUT2D eigenvalue weighted by atomic mass is 16.2. The number of nitrogens with one attached hydrogen (secondary N) is 3. The molecule has 1 fully saturated rings. The summed E-state index contributed by atoms with van der Waals surface area (Å²) in [5.41, 5.74) is 1.94. The molecule has 1 heterocycles. The molecule has 1 saturated heterocycles. The number of urea groups is 1. The normalized spacial score (nSPS) is 14.6. The van der Waals surface area contributed by atoms with Gasteiger partial charge in [0.2, 0.25) is 0 Å². The van der Waals surface area contributed by atoms with Gasteiger partial charge >= 0.3 is 6.03 Å². The van der Waals surface area contributed by atoms with E-state index in [0.717, 1.165) is 49.7 Å². The van der Waals surface area contributed by atoms with Gasteiger partial charge in [0.25, 0.3) is 0 Å². The molecule has 144 valence electrons. The van der Waals surface area contributed by atoms with E-state index in [-0.39, 0.29) is 6.03 Å². The van der Waals surface area contributed by atoms with Crippen molar-refractivity contribution in [3.8, 4) is 0 Å². The lowest BCUT2D eigenvalue weighted by molar-refractivity contribution is 0.222. The molecule has 0 spiro atoms. The van der Waals surface area contributed by atoms with E-state index in [2.05, 4.69) is 34.8 Å². The molecule has 26 heavy (non-hydrogen) atoms. The molecular formula is C20H33N5O. The number of carbonyl (C=O) groups is 1. The van der Waals surface area contributed by atoms with Crippen molar-refractivity contribution in [2.45, 2.75) is 46.1 Å². The smallest absolute Gasteiger partial charge is 0.321 e. The Balaban J connectivity index is 1.84. The van der Waals surface area contributed by atoms with Crippen LogP contribution >= 0.6 is 0 Å². The predicted octanol–water partition coefficient (Wildman–Crippen LogP) is 3.42. The molecule has 0 aromatic heterocycles. The minimum Gasteiger partial charge on any atom is -0.356 e. The summed E-state index contributed by atoms with van der Waals surface area (Å²) < 4.78 is 0. The standard InChI is InChI=1S/C20H33N5O/c1-4-16(5-2)14-22-19(21-3)23-15-17-9-8-10-18(13-17)24-20(26)25-11-6-7-12-25/h8-10,13,16H,4-7,11-12,14-15H2,1-3H3,(H,24,26)(H2,21,22,23). The van der Waals surface area contributed by atoms with Gasteiger partial charge in [-0.05, 0) is 36.5 Å². The first-order valence-electron chi connectivity index (χ1n) is 9.75. The van der Waals surface area contributed by atoms with Crippen molar-refractivity contribution >= 4 is 17.7 Å². The maximum absolute atomic E-state index is 12.2. The molecule has 0 saturated carbocycles. The summed E-state index contributed by atoms with van der Waals surface area (Å²) >= 11 is 0. The van der Waals surface area contributed by atoms with Gasteiger partial charge in [-0.2, -0.15) is 0 Å². The van der Waals surface area contributed by atoms with E-state index >= 15 is 0 Å². The van der Waals surface area contributed by atoms with Gasteiger partial charge < -0.3 is 20.9 Å². The van der Waals surface area contributed by atoms with E-state index in [4.69, 9.17) is 0 Å². The van der Waals surface area contributed by atoms with Crippen LogP contribution in [0.5, 0.6) is 0 Å². The van der Waals surface area contributed by atoms with Crippen molar-refractivity contribution in [1.82, 2.24) is 15.5 Å². The molecular weight excluding hydrogens is 326 g/mol. The van der Waals surface area contributed by atoms with Crippen molar-refractivity contribution in [3.05, 3.63) is 29.8 Å². The van der Waals surface area contributed by atoms with Crippen LogP contribution in [0.4, 0.5) is 10.5 Å². The number of carbonyl (C=O) groups excluding carboxylic acids is 1. The van der Waals surface area contributed by atoms with Crippen molar-refractivity contribution in [3.63, 3.8) is 0 Å². The Morgan fingerprint density at radius 3 is 2.58 bits per heavy atom. The Morgan fingerprint density at radius 1 is 1.19 bits per heavy atom. The van der Waals surface area contributed by atoms with Crippen molar-refractivity contribution in [2.24, 2.45) is 10.9 Å². The van der Waals surface area contributed by atoms with Crippen molar-refractivity contribution < 1.29 is 4.79 Å². The third kappa shape index (κ3) is 6.24. The first-order valence-corrected chi connectivity index (χ1v) is 9.75. The number of rotatable bonds is 7. The SMILES string of the molecule is CCC(CC)CNC(=NC)NCc1cccc(NC(=O)N2CCCC2)c1. The molecule has 1 aliphatic heterocycles. The van der Waals surface area contributed by atoms with Gasteiger partial charge in [-0.25, -0.2) is 4.79 Å². The topological polar surface area (TPSA) is 68.8 Å². The number of likely N-dealkylation sites (tertiary alicyclic amines) is 1. The summed E-state index contributed by atoms with van der Waals surface area (Å²) in [6.07, 6.45) is 4.53. The Labute approximate surface area is 157 Å². The zero-order valence-electron chi connectivity index (χ0n) is 16.3. The number of anilines is 1. The molecule has 0 aliphatic carbocycles. The molecule has 6 heteroatoms. The summed E-state index contributed by atoms with van der Waals surface area (Å²) in [6, 6.07) is 7.95. The van der Waals surface area contributed by atoms with Crippen molar-refractivity contribution in [1.29, 1.82) is 0 Å². The lowest BCUT2D eigenvalue weighted by Gasteiger charge is -2.18. The quantitative estimate of drug-likeness (QED) is 0.516. The Morgan fingerprint density at radius 2 is 1.92 bits per heavy atom. The molecule has 0 radical (unpaired) electrons. The summed E-state index contributed by atoms with van der Waals surface area (Å²) in [5, 5.41) is 9.72. The van der Waals surface area contributed by atoms with Crippen LogP contribution < -0.4 is 16.0 Å². The third-order valence-electron chi connectivity index (χ3n) is 4.97. The van der Waals surface area contributed by atoms with Crippen LogP contribution in [0.15, 0.2) is 29.3 Å². The first-order chi connectivity index (χ1) is 12.7. The lowest BCUT2D eigenvalue weighted by atomic mass is 10.0. The second kappa shape index (κ2) is 10.7. The van der Waals surface area contributed by atoms with Gasteiger partial charge in [0, 0.05) is 38.9 Å². The average Bonchev–Trinajstić information content (AvgIpc) is 3.20. The highest BCUT2D eigenvalue weighted by Gasteiger charge is 2.17. The van der Waals surface area contributed by atoms with Gasteiger partial charge in [0.05, 0.1) is 0 Å². The van der Waals surface area contributed by atoms with Crippen LogP contribution in [-0.4, -0.2) is 43.6 Å². The molecule has 1 aromatic carbocycles. The van der Waals surface area contributed by atoms with E-state index in [1.54, 1.807) is 7.05 Å². The molecule has 0 unspecified atom stereocenters. The number of aliphatic imine (C=N–C) groups is 1. The zero-order valence-corrected chi connectivity index (χ0v) is 16.3. The number of guanidine groups is 1. The summed E-state index contributed by atoms with van der Waals surface area (Å²) in [7, 11) is 1.79. The molecule has 1 aliphatic rings. The summed E-state index contributed by atoms with van der Waals surface area (Å²) in [5.74, 6) is 1.47. The third-order valence-corrected chi connectivity index (χ3v) is 4.97. The monoisotopic (exact) mass is 359 g/mol. The molecule has 2 rings (SSSR count). The fraction of sp³-hybridized carbons (Fsp3) is 0.600. The van der Waals surface area contributed by atoms with Crippen LogP contribution in [0.2, 0.25) is 0 Å². The molecule has 2 amide bonds. The minimum atomic E-state index is -0.00439. The molecule has 1 aromatic rings. The minimum absolute atomic E-state index is 0.00439. The maximum Gasteiger partial charge on any atom is 0.321 e. The fourth-order valence-corrected chi connectivity index (χ4v) is 3.11. The van der Waals surface area contributed by atoms with Crippen LogP contribution in [0.3, 0.4) is 0 Å².